The van der Waals surface area contributed by atoms with Gasteiger partial charge < -0.3 is 5.32 Å². The number of rotatable bonds is 4. The summed E-state index contributed by atoms with van der Waals surface area (Å²) < 4.78 is 0. The molecular formula is C15H13N3OS2. The van der Waals surface area contributed by atoms with Crippen LogP contribution in [0.25, 0.3) is 0 Å². The van der Waals surface area contributed by atoms with Crippen LogP contribution in [0, 0.1) is 0 Å². The van der Waals surface area contributed by atoms with Crippen LogP contribution in [0.15, 0.2) is 58.0 Å². The van der Waals surface area contributed by atoms with E-state index in [0.717, 1.165) is 10.4 Å². The van der Waals surface area contributed by atoms with Crippen LogP contribution < -0.4 is 5.32 Å². The number of thioether (sulfide) groups is 1. The second-order valence-electron chi connectivity index (χ2n) is 4.45. The van der Waals surface area contributed by atoms with Gasteiger partial charge in [-0.3, -0.25) is 4.79 Å². The smallest absolute Gasteiger partial charge is 0.239 e. The van der Waals surface area contributed by atoms with Crippen molar-refractivity contribution in [2.24, 2.45) is 10.2 Å². The van der Waals surface area contributed by atoms with Crippen molar-refractivity contribution in [1.29, 1.82) is 0 Å². The van der Waals surface area contributed by atoms with Crippen LogP contribution in [0.1, 0.15) is 10.4 Å². The molecule has 0 aliphatic carbocycles. The van der Waals surface area contributed by atoms with Gasteiger partial charge >= 0.3 is 0 Å². The zero-order valence-electron chi connectivity index (χ0n) is 11.1. The molecule has 1 aromatic carbocycles. The van der Waals surface area contributed by atoms with Gasteiger partial charge in [0, 0.05) is 4.88 Å². The lowest BCUT2D eigenvalue weighted by Crippen LogP contribution is -2.25. The van der Waals surface area contributed by atoms with Crippen molar-refractivity contribution in [3.05, 3.63) is 58.3 Å². The van der Waals surface area contributed by atoms with Crippen LogP contribution in [-0.2, 0) is 11.2 Å². The molecule has 0 unspecified atom stereocenters. The van der Waals surface area contributed by atoms with Gasteiger partial charge in [-0.2, -0.15) is 5.10 Å². The van der Waals surface area contributed by atoms with Crippen LogP contribution in [0.5, 0.6) is 0 Å². The maximum absolute atomic E-state index is 11.9. The number of hydrogen-bond acceptors (Lipinski definition) is 5. The molecule has 0 radical (unpaired) electrons. The van der Waals surface area contributed by atoms with E-state index in [1.807, 2.05) is 47.8 Å². The van der Waals surface area contributed by atoms with Gasteiger partial charge in [-0.15, -0.1) is 16.4 Å². The third kappa shape index (κ3) is 3.80. The summed E-state index contributed by atoms with van der Waals surface area (Å²) in [4.78, 5) is 13.0. The Bertz CT molecular complexity index is 665. The van der Waals surface area contributed by atoms with Gasteiger partial charge in [0.15, 0.2) is 5.17 Å². The van der Waals surface area contributed by atoms with Crippen LogP contribution in [0.3, 0.4) is 0 Å². The van der Waals surface area contributed by atoms with Gasteiger partial charge in [-0.25, -0.2) is 0 Å². The van der Waals surface area contributed by atoms with Crippen molar-refractivity contribution >= 4 is 40.4 Å². The van der Waals surface area contributed by atoms with E-state index in [9.17, 15) is 4.79 Å². The number of thiophene rings is 1. The summed E-state index contributed by atoms with van der Waals surface area (Å²) in [6.45, 7) is 0. The second kappa shape index (κ2) is 6.69. The molecule has 0 spiro atoms. The Labute approximate surface area is 131 Å². The molecule has 1 fully saturated rings. The molecular weight excluding hydrogens is 302 g/mol. The van der Waals surface area contributed by atoms with Crippen LogP contribution >= 0.6 is 23.1 Å². The number of hydrogen-bond donors (Lipinski definition) is 1. The van der Waals surface area contributed by atoms with Crippen molar-refractivity contribution in [2.45, 2.75) is 11.7 Å². The Kier molecular flexibility index (Phi) is 4.47. The molecule has 0 saturated carbocycles. The van der Waals surface area contributed by atoms with Crippen molar-refractivity contribution < 1.29 is 4.79 Å². The minimum Gasteiger partial charge on any atom is -0.303 e. The predicted octanol–water partition coefficient (Wildman–Crippen LogP) is 2.91. The molecule has 4 nitrogen and oxygen atoms in total. The molecule has 106 valence electrons. The van der Waals surface area contributed by atoms with E-state index in [4.69, 9.17) is 0 Å². The van der Waals surface area contributed by atoms with Crippen molar-refractivity contribution in [2.75, 3.05) is 0 Å². The summed E-state index contributed by atoms with van der Waals surface area (Å²) in [5.41, 5.74) is 1.15. The molecule has 1 amide bonds. The van der Waals surface area contributed by atoms with Crippen LogP contribution in [-0.4, -0.2) is 22.5 Å². The Morgan fingerprint density at radius 1 is 1.19 bits per heavy atom. The van der Waals surface area contributed by atoms with E-state index >= 15 is 0 Å². The SMILES string of the molecule is O=C1N/C(=N\N=Cc2cccs2)S[C@H]1Cc1ccccc1. The van der Waals surface area contributed by atoms with Gasteiger partial charge in [0.25, 0.3) is 0 Å². The fraction of sp³-hybridized carbons (Fsp3) is 0.133. The lowest BCUT2D eigenvalue weighted by atomic mass is 10.1. The van der Waals surface area contributed by atoms with E-state index in [1.165, 1.54) is 11.8 Å². The van der Waals surface area contributed by atoms with Crippen molar-refractivity contribution in [3.63, 3.8) is 0 Å². The van der Waals surface area contributed by atoms with Crippen LogP contribution in [0.4, 0.5) is 0 Å². The zero-order chi connectivity index (χ0) is 14.5. The molecule has 3 rings (SSSR count). The second-order valence-corrected chi connectivity index (χ2v) is 6.62. The van der Waals surface area contributed by atoms with E-state index in [0.29, 0.717) is 11.6 Å². The first-order chi connectivity index (χ1) is 10.3. The Hall–Kier alpha value is -1.92. The topological polar surface area (TPSA) is 53.8 Å². The van der Waals surface area contributed by atoms with Crippen molar-refractivity contribution in [3.8, 4) is 0 Å². The Morgan fingerprint density at radius 2 is 2.05 bits per heavy atom. The molecule has 1 saturated heterocycles. The Balaban J connectivity index is 1.62. The first-order valence-electron chi connectivity index (χ1n) is 6.47. The summed E-state index contributed by atoms with van der Waals surface area (Å²) in [5.74, 6) is -0.00562. The third-order valence-electron chi connectivity index (χ3n) is 2.92. The number of nitrogens with zero attached hydrogens (tertiary/aromatic N) is 2. The number of benzene rings is 1. The number of amides is 1. The monoisotopic (exact) mass is 315 g/mol. The van der Waals surface area contributed by atoms with Crippen molar-refractivity contribution in [1.82, 2.24) is 5.32 Å². The van der Waals surface area contributed by atoms with Crippen LogP contribution in [0.2, 0.25) is 0 Å². The van der Waals surface area contributed by atoms with E-state index in [2.05, 4.69) is 15.5 Å². The summed E-state index contributed by atoms with van der Waals surface area (Å²) in [6, 6.07) is 13.9. The minimum absolute atomic E-state index is 0.00562. The molecule has 6 heteroatoms. The highest BCUT2D eigenvalue weighted by Crippen LogP contribution is 2.23. The maximum atomic E-state index is 11.9. The average Bonchev–Trinajstić information content (AvgIpc) is 3.11. The van der Waals surface area contributed by atoms with Gasteiger partial charge in [0.2, 0.25) is 5.91 Å². The zero-order valence-corrected chi connectivity index (χ0v) is 12.7. The Morgan fingerprint density at radius 3 is 2.81 bits per heavy atom. The summed E-state index contributed by atoms with van der Waals surface area (Å²) >= 11 is 3.03. The first-order valence-corrected chi connectivity index (χ1v) is 8.23. The van der Waals surface area contributed by atoms with E-state index in [-0.39, 0.29) is 11.2 Å². The molecule has 21 heavy (non-hydrogen) atoms. The molecule has 2 aromatic rings. The molecule has 0 bridgehead atoms. The normalized spacial score (nSPS) is 20.3. The number of carbonyl (C=O) groups is 1. The summed E-state index contributed by atoms with van der Waals surface area (Å²) in [7, 11) is 0. The number of nitrogens with one attached hydrogen (secondary N) is 1. The lowest BCUT2D eigenvalue weighted by Gasteiger charge is -2.04. The maximum Gasteiger partial charge on any atom is 0.239 e. The number of amidine groups is 1. The van der Waals surface area contributed by atoms with Gasteiger partial charge in [-0.05, 0) is 23.4 Å². The quantitative estimate of drug-likeness (QED) is 0.697. The van der Waals surface area contributed by atoms with Gasteiger partial charge in [0.1, 0.15) is 0 Å². The van der Waals surface area contributed by atoms with Gasteiger partial charge in [-0.1, -0.05) is 48.2 Å². The molecule has 1 aliphatic heterocycles. The largest absolute Gasteiger partial charge is 0.303 e. The minimum atomic E-state index is -0.136. The predicted molar refractivity (Wildman–Crippen MR) is 89.0 cm³/mol. The van der Waals surface area contributed by atoms with Gasteiger partial charge in [0.05, 0.1) is 11.5 Å². The molecule has 2 heterocycles. The highest BCUT2D eigenvalue weighted by molar-refractivity contribution is 8.15. The molecule has 1 aromatic heterocycles. The number of carbonyl (C=O) groups excluding carboxylic acids is 1. The van der Waals surface area contributed by atoms with E-state index in [1.54, 1.807) is 17.6 Å². The fourth-order valence-corrected chi connectivity index (χ4v) is 3.46. The average molecular weight is 315 g/mol. The summed E-state index contributed by atoms with van der Waals surface area (Å²) in [6.07, 6.45) is 2.39. The third-order valence-corrected chi connectivity index (χ3v) is 4.80. The standard InChI is InChI=1S/C15H13N3OS2/c19-14-13(9-11-5-2-1-3-6-11)21-15(17-14)18-16-10-12-7-4-8-20-12/h1-8,10,13H,9H2,(H,17,18,19)/t13-/m0/s1. The lowest BCUT2D eigenvalue weighted by molar-refractivity contribution is -0.118. The summed E-state index contributed by atoms with van der Waals surface area (Å²) in [5, 5.41) is 13.3. The molecule has 1 N–H and O–H groups in total. The molecule has 1 aliphatic rings. The fourth-order valence-electron chi connectivity index (χ4n) is 1.92. The molecule has 1 atom stereocenters. The highest BCUT2D eigenvalue weighted by Gasteiger charge is 2.30. The first kappa shape index (κ1) is 14.0. The highest BCUT2D eigenvalue weighted by atomic mass is 32.2. The van der Waals surface area contributed by atoms with E-state index < -0.39 is 0 Å².